The molecule has 0 amide bonds. The summed E-state index contributed by atoms with van der Waals surface area (Å²) in [5.74, 6) is 0.904. The third kappa shape index (κ3) is 6.83. The Hall–Kier alpha value is -2.85. The van der Waals surface area contributed by atoms with Crippen molar-refractivity contribution in [1.29, 1.82) is 0 Å². The Morgan fingerprint density at radius 2 is 1.97 bits per heavy atom. The van der Waals surface area contributed by atoms with Crippen LogP contribution in [0.5, 0.6) is 5.75 Å². The van der Waals surface area contributed by atoms with E-state index in [1.54, 1.807) is 30.6 Å². The van der Waals surface area contributed by atoms with E-state index in [-0.39, 0.29) is 18.6 Å². The van der Waals surface area contributed by atoms with Crippen LogP contribution in [0.4, 0.5) is 0 Å². The number of nitrogens with one attached hydrogen (secondary N) is 1. The van der Waals surface area contributed by atoms with Crippen molar-refractivity contribution in [2.45, 2.75) is 44.7 Å². The minimum absolute atomic E-state index is 0.0117. The highest BCUT2D eigenvalue weighted by Gasteiger charge is 2.37. The number of esters is 1. The number of hydrogen-bond acceptors (Lipinski definition) is 9. The maximum atomic E-state index is 12.2. The molecule has 2 heterocycles. The molecule has 3 rings (SSSR count). The van der Waals surface area contributed by atoms with Gasteiger partial charge < -0.3 is 19.9 Å². The Bertz CT molecular complexity index is 899. The number of hydrogen-bond donors (Lipinski definition) is 2. The van der Waals surface area contributed by atoms with E-state index in [2.05, 4.69) is 15.4 Å². The molecule has 9 nitrogen and oxygen atoms in total. The molecule has 0 aliphatic carbocycles. The van der Waals surface area contributed by atoms with Crippen LogP contribution in [0.25, 0.3) is 6.08 Å². The second kappa shape index (κ2) is 10.6. The summed E-state index contributed by atoms with van der Waals surface area (Å²) in [6.45, 7) is 5.90. The molecule has 172 valence electrons. The molecule has 1 fully saturated rings. The van der Waals surface area contributed by atoms with Gasteiger partial charge in [-0.1, -0.05) is 24.3 Å². The summed E-state index contributed by atoms with van der Waals surface area (Å²) in [6.07, 6.45) is 5.73. The predicted molar refractivity (Wildman–Crippen MR) is 120 cm³/mol. The van der Waals surface area contributed by atoms with Gasteiger partial charge in [-0.25, -0.2) is 20.4 Å². The largest absolute Gasteiger partial charge is 0.497 e. The Morgan fingerprint density at radius 3 is 2.59 bits per heavy atom. The number of carbonyl (C=O) groups is 1. The van der Waals surface area contributed by atoms with Gasteiger partial charge in [0.15, 0.2) is 5.82 Å². The van der Waals surface area contributed by atoms with Crippen LogP contribution in [-0.2, 0) is 14.3 Å². The first kappa shape index (κ1) is 23.8. The molecule has 3 N–H and O–H groups in total. The highest BCUT2D eigenvalue weighted by Crippen LogP contribution is 2.26. The smallest absolute Gasteiger partial charge is 0.321 e. The monoisotopic (exact) mass is 441 g/mol. The minimum atomic E-state index is -0.592. The first-order valence-corrected chi connectivity index (χ1v) is 10.5. The number of rotatable bonds is 7. The maximum absolute atomic E-state index is 12.2. The second-order valence-corrected chi connectivity index (χ2v) is 8.40. The van der Waals surface area contributed by atoms with Gasteiger partial charge in [0.1, 0.15) is 30.2 Å². The van der Waals surface area contributed by atoms with Gasteiger partial charge in [0.05, 0.1) is 13.2 Å². The number of nitrogens with two attached hydrogens (primary N) is 1. The van der Waals surface area contributed by atoms with Gasteiger partial charge in [0, 0.05) is 18.9 Å². The van der Waals surface area contributed by atoms with E-state index in [0.29, 0.717) is 12.4 Å². The van der Waals surface area contributed by atoms with Gasteiger partial charge in [-0.15, -0.1) is 0 Å². The second-order valence-electron chi connectivity index (χ2n) is 8.40. The van der Waals surface area contributed by atoms with E-state index in [1.807, 2.05) is 57.2 Å². The summed E-state index contributed by atoms with van der Waals surface area (Å²) in [4.78, 5) is 20.8. The zero-order valence-corrected chi connectivity index (χ0v) is 18.9. The van der Waals surface area contributed by atoms with Crippen LogP contribution in [0.3, 0.4) is 0 Å². The standard InChI is InChI=1S/C23H31N5O4/c1-23(2,3)32-19(29)14-27-28-15-18(11-8-16-6-9-17(30-4)10-7-16)31-20(21(28)24)22-25-12-5-13-26-22/h5-13,18,20-21,27H,14-15,24H2,1-4H3/b11-8+. The lowest BCUT2D eigenvalue weighted by molar-refractivity contribution is -0.158. The van der Waals surface area contributed by atoms with Crippen LogP contribution in [0, 0.1) is 0 Å². The number of carbonyl (C=O) groups excluding carboxylic acids is 1. The third-order valence-electron chi connectivity index (χ3n) is 4.67. The number of benzene rings is 1. The molecule has 1 aromatic heterocycles. The molecule has 0 radical (unpaired) electrons. The molecule has 3 unspecified atom stereocenters. The lowest BCUT2D eigenvalue weighted by Gasteiger charge is -2.41. The van der Waals surface area contributed by atoms with Crippen molar-refractivity contribution in [2.75, 3.05) is 20.2 Å². The van der Waals surface area contributed by atoms with Crippen molar-refractivity contribution in [3.05, 3.63) is 60.2 Å². The zero-order valence-electron chi connectivity index (χ0n) is 18.9. The van der Waals surface area contributed by atoms with E-state index in [0.717, 1.165) is 11.3 Å². The SMILES string of the molecule is COc1ccc(/C=C/C2CN(NCC(=O)OC(C)(C)C)C(N)C(c3ncccn3)O2)cc1. The number of aromatic nitrogens is 2. The molecular weight excluding hydrogens is 410 g/mol. The van der Waals surface area contributed by atoms with Crippen molar-refractivity contribution >= 4 is 12.0 Å². The van der Waals surface area contributed by atoms with Crippen molar-refractivity contribution in [3.8, 4) is 5.75 Å². The fourth-order valence-electron chi connectivity index (χ4n) is 3.22. The van der Waals surface area contributed by atoms with Crippen molar-refractivity contribution in [1.82, 2.24) is 20.4 Å². The topological polar surface area (TPSA) is 112 Å². The Labute approximate surface area is 188 Å². The first-order valence-electron chi connectivity index (χ1n) is 10.5. The van der Waals surface area contributed by atoms with Crippen LogP contribution in [-0.4, -0.2) is 59.0 Å². The minimum Gasteiger partial charge on any atom is -0.497 e. The van der Waals surface area contributed by atoms with Gasteiger partial charge in [-0.05, 0) is 44.5 Å². The molecule has 1 saturated heterocycles. The number of morpholine rings is 1. The summed E-state index contributed by atoms with van der Waals surface area (Å²) in [5.41, 5.74) is 9.97. The average molecular weight is 442 g/mol. The van der Waals surface area contributed by atoms with Gasteiger partial charge in [0.2, 0.25) is 0 Å². The molecular formula is C23H31N5O4. The Kier molecular flexibility index (Phi) is 7.92. The van der Waals surface area contributed by atoms with E-state index in [9.17, 15) is 4.79 Å². The number of methoxy groups -OCH3 is 1. The van der Waals surface area contributed by atoms with Crippen LogP contribution in [0.2, 0.25) is 0 Å². The predicted octanol–water partition coefficient (Wildman–Crippen LogP) is 2.07. The zero-order chi connectivity index (χ0) is 23.1. The molecule has 3 atom stereocenters. The molecule has 1 aliphatic heterocycles. The van der Waals surface area contributed by atoms with Gasteiger partial charge in [-0.3, -0.25) is 4.79 Å². The third-order valence-corrected chi connectivity index (χ3v) is 4.67. The maximum Gasteiger partial charge on any atom is 0.321 e. The molecule has 2 aromatic rings. The summed E-state index contributed by atoms with van der Waals surface area (Å²) >= 11 is 0. The molecule has 9 heteroatoms. The average Bonchev–Trinajstić information content (AvgIpc) is 2.77. The quantitative estimate of drug-likeness (QED) is 0.624. The van der Waals surface area contributed by atoms with E-state index >= 15 is 0 Å². The fourth-order valence-corrected chi connectivity index (χ4v) is 3.22. The summed E-state index contributed by atoms with van der Waals surface area (Å²) in [5, 5.41) is 1.78. The van der Waals surface area contributed by atoms with Crippen LogP contribution in [0.15, 0.2) is 48.8 Å². The van der Waals surface area contributed by atoms with Gasteiger partial charge >= 0.3 is 5.97 Å². The number of ether oxygens (including phenoxy) is 3. The van der Waals surface area contributed by atoms with E-state index < -0.39 is 17.9 Å². The van der Waals surface area contributed by atoms with Crippen LogP contribution in [0.1, 0.15) is 38.3 Å². The molecule has 32 heavy (non-hydrogen) atoms. The number of hydrazine groups is 1. The summed E-state index contributed by atoms with van der Waals surface area (Å²) in [6, 6.07) is 9.44. The molecule has 0 saturated carbocycles. The molecule has 0 bridgehead atoms. The van der Waals surface area contributed by atoms with Crippen molar-refractivity contribution < 1.29 is 19.0 Å². The first-order chi connectivity index (χ1) is 15.2. The van der Waals surface area contributed by atoms with E-state index in [1.165, 1.54) is 0 Å². The summed E-state index contributed by atoms with van der Waals surface area (Å²) in [7, 11) is 1.63. The van der Waals surface area contributed by atoms with E-state index in [4.69, 9.17) is 19.9 Å². The molecule has 0 spiro atoms. The Balaban J connectivity index is 1.73. The van der Waals surface area contributed by atoms with Crippen LogP contribution < -0.4 is 15.9 Å². The lowest BCUT2D eigenvalue weighted by Crippen LogP contribution is -2.61. The number of nitrogens with zero attached hydrogens (tertiary/aromatic N) is 3. The van der Waals surface area contributed by atoms with Crippen molar-refractivity contribution in [2.24, 2.45) is 5.73 Å². The van der Waals surface area contributed by atoms with Gasteiger partial charge in [-0.2, -0.15) is 0 Å². The molecule has 1 aromatic carbocycles. The van der Waals surface area contributed by atoms with Crippen LogP contribution >= 0.6 is 0 Å². The lowest BCUT2D eigenvalue weighted by atomic mass is 10.1. The fraction of sp³-hybridized carbons (Fsp3) is 0.435. The molecule has 1 aliphatic rings. The highest BCUT2D eigenvalue weighted by atomic mass is 16.6. The van der Waals surface area contributed by atoms with Crippen molar-refractivity contribution in [3.63, 3.8) is 0 Å². The summed E-state index contributed by atoms with van der Waals surface area (Å²) < 4.78 is 16.8. The Morgan fingerprint density at radius 1 is 1.28 bits per heavy atom. The normalized spacial score (nSPS) is 22.1. The van der Waals surface area contributed by atoms with Gasteiger partial charge in [0.25, 0.3) is 0 Å². The highest BCUT2D eigenvalue weighted by molar-refractivity contribution is 5.72.